The summed E-state index contributed by atoms with van der Waals surface area (Å²) in [6, 6.07) is -0.713. The maximum atomic E-state index is 10.0. The third kappa shape index (κ3) is 10.0. The summed E-state index contributed by atoms with van der Waals surface area (Å²) in [7, 11) is 0. The number of nitrogens with zero attached hydrogens (tertiary/aromatic N) is 2. The van der Waals surface area contributed by atoms with Crippen LogP contribution in [-0.4, -0.2) is 39.6 Å². The van der Waals surface area contributed by atoms with E-state index in [4.69, 9.17) is 27.7 Å². The molecular formula is C13H22N8O2S. The molecule has 0 spiro atoms. The topological polar surface area (TPSA) is 188 Å². The first-order valence-corrected chi connectivity index (χ1v) is 7.19. The molecule has 0 bridgehead atoms. The number of aliphatic carboxylic acids is 1. The van der Waals surface area contributed by atoms with Crippen molar-refractivity contribution in [1.29, 1.82) is 5.41 Å². The van der Waals surface area contributed by atoms with Crippen LogP contribution in [-0.2, 0) is 4.79 Å². The molecule has 1 atom stereocenters. The van der Waals surface area contributed by atoms with E-state index in [2.05, 4.69) is 33.3 Å². The number of carboxylic acid groups (broad SMARTS) is 1. The van der Waals surface area contributed by atoms with Crippen LogP contribution in [0.1, 0.15) is 13.8 Å². The number of hydrogen-bond acceptors (Lipinski definition) is 6. The molecule has 0 saturated heterocycles. The molecule has 1 rings (SSSR count). The Bertz CT molecular complexity index is 539. The summed E-state index contributed by atoms with van der Waals surface area (Å²) in [5.74, 6) is -1.13. The fourth-order valence-corrected chi connectivity index (χ4v) is 1.18. The minimum atomic E-state index is -0.931. The Labute approximate surface area is 145 Å². The highest BCUT2D eigenvalue weighted by molar-refractivity contribution is 7.80. The molecule has 0 saturated carbocycles. The molecule has 0 aromatic carbocycles. The van der Waals surface area contributed by atoms with E-state index in [1.54, 1.807) is 38.2 Å². The van der Waals surface area contributed by atoms with Crippen LogP contribution in [0.15, 0.2) is 34.5 Å². The van der Waals surface area contributed by atoms with Gasteiger partial charge in [-0.1, -0.05) is 13.8 Å². The third-order valence-corrected chi connectivity index (χ3v) is 2.55. The molecule has 0 unspecified atom stereocenters. The van der Waals surface area contributed by atoms with Gasteiger partial charge in [-0.25, -0.2) is 5.43 Å². The number of carbonyl (C=O) groups is 1. The van der Waals surface area contributed by atoms with Crippen molar-refractivity contribution in [3.8, 4) is 0 Å². The Morgan fingerprint density at radius 2 is 1.58 bits per heavy atom. The number of nitrogens with two attached hydrogens (primary N) is 3. The fourth-order valence-electron chi connectivity index (χ4n) is 1.13. The van der Waals surface area contributed by atoms with E-state index in [0.29, 0.717) is 11.4 Å². The lowest BCUT2D eigenvalue weighted by atomic mass is 10.1. The summed E-state index contributed by atoms with van der Waals surface area (Å²) in [5, 5.41) is 23.0. The van der Waals surface area contributed by atoms with Gasteiger partial charge in [-0.3, -0.25) is 15.6 Å². The SMILES string of the molecule is CC(C)[C@H](N)C(=O)O.N=C(N)NN=C1C=CC(=NNC(N)=S)C=C1. The summed E-state index contributed by atoms with van der Waals surface area (Å²) in [6.45, 7) is 3.55. The number of guanidine groups is 1. The van der Waals surface area contributed by atoms with Crippen LogP contribution >= 0.6 is 12.2 Å². The van der Waals surface area contributed by atoms with Crippen molar-refractivity contribution in [2.45, 2.75) is 19.9 Å². The number of rotatable bonds is 4. The van der Waals surface area contributed by atoms with Crippen LogP contribution in [0.5, 0.6) is 0 Å². The smallest absolute Gasteiger partial charge is 0.320 e. The highest BCUT2D eigenvalue weighted by Gasteiger charge is 2.14. The first kappa shape index (κ1) is 21.2. The molecule has 1 aliphatic rings. The Kier molecular flexibility index (Phi) is 9.59. The number of hydrazone groups is 2. The summed E-state index contributed by atoms with van der Waals surface area (Å²) >= 11 is 4.60. The van der Waals surface area contributed by atoms with Crippen molar-refractivity contribution in [3.63, 3.8) is 0 Å². The molecule has 0 radical (unpaired) electrons. The second-order valence-corrected chi connectivity index (χ2v) is 5.29. The molecule has 0 aromatic rings. The predicted molar refractivity (Wildman–Crippen MR) is 98.6 cm³/mol. The monoisotopic (exact) mass is 354 g/mol. The van der Waals surface area contributed by atoms with E-state index in [-0.39, 0.29) is 17.0 Å². The van der Waals surface area contributed by atoms with Gasteiger partial charge in [0.1, 0.15) is 6.04 Å². The van der Waals surface area contributed by atoms with Crippen molar-refractivity contribution in [1.82, 2.24) is 10.9 Å². The highest BCUT2D eigenvalue weighted by Crippen LogP contribution is 1.97. The van der Waals surface area contributed by atoms with Gasteiger partial charge in [0.2, 0.25) is 5.96 Å². The van der Waals surface area contributed by atoms with E-state index in [9.17, 15) is 4.79 Å². The molecule has 132 valence electrons. The Morgan fingerprint density at radius 3 is 1.83 bits per heavy atom. The van der Waals surface area contributed by atoms with Crippen LogP contribution in [0, 0.1) is 11.3 Å². The number of allylic oxidation sites excluding steroid dienone is 4. The van der Waals surface area contributed by atoms with Gasteiger partial charge in [-0.2, -0.15) is 10.2 Å². The third-order valence-electron chi connectivity index (χ3n) is 2.45. The van der Waals surface area contributed by atoms with E-state index in [1.165, 1.54) is 0 Å². The van der Waals surface area contributed by atoms with Crippen LogP contribution < -0.4 is 28.1 Å². The molecule has 0 aromatic heterocycles. The molecule has 11 heteroatoms. The number of thiocarbonyl (C=S) groups is 1. The van der Waals surface area contributed by atoms with Crippen LogP contribution in [0.3, 0.4) is 0 Å². The van der Waals surface area contributed by atoms with Crippen LogP contribution in [0.4, 0.5) is 0 Å². The average molecular weight is 354 g/mol. The largest absolute Gasteiger partial charge is 0.480 e. The quantitative estimate of drug-likeness (QED) is 0.112. The predicted octanol–water partition coefficient (Wildman–Crippen LogP) is -0.805. The van der Waals surface area contributed by atoms with Gasteiger partial charge in [0.25, 0.3) is 0 Å². The minimum Gasteiger partial charge on any atom is -0.480 e. The summed E-state index contributed by atoms with van der Waals surface area (Å²) in [6.07, 6.45) is 6.84. The Morgan fingerprint density at radius 1 is 1.17 bits per heavy atom. The van der Waals surface area contributed by atoms with Gasteiger partial charge >= 0.3 is 5.97 Å². The second-order valence-electron chi connectivity index (χ2n) is 4.85. The molecule has 10 nitrogen and oxygen atoms in total. The minimum absolute atomic E-state index is 0.0208. The first-order chi connectivity index (χ1) is 11.1. The van der Waals surface area contributed by atoms with Crippen LogP contribution in [0.2, 0.25) is 0 Å². The number of hydrogen-bond donors (Lipinski definition) is 7. The molecule has 0 amide bonds. The summed E-state index contributed by atoms with van der Waals surface area (Å²) in [5.41, 5.74) is 21.5. The molecule has 0 aliphatic heterocycles. The first-order valence-electron chi connectivity index (χ1n) is 6.79. The van der Waals surface area contributed by atoms with E-state index < -0.39 is 12.0 Å². The van der Waals surface area contributed by atoms with Gasteiger partial charge in [0, 0.05) is 0 Å². The number of carboxylic acids is 1. The lowest BCUT2D eigenvalue weighted by Crippen LogP contribution is -2.34. The van der Waals surface area contributed by atoms with Crippen molar-refractivity contribution in [2.24, 2.45) is 33.3 Å². The molecule has 0 fully saturated rings. The van der Waals surface area contributed by atoms with Gasteiger partial charge in [-0.05, 0) is 42.4 Å². The fraction of sp³-hybridized carbons (Fsp3) is 0.308. The molecule has 0 heterocycles. The van der Waals surface area contributed by atoms with E-state index >= 15 is 0 Å². The van der Waals surface area contributed by atoms with Gasteiger partial charge in [0.05, 0.1) is 11.4 Å². The second kappa shape index (κ2) is 10.9. The molecule has 10 N–H and O–H groups in total. The molecular weight excluding hydrogens is 332 g/mol. The molecule has 24 heavy (non-hydrogen) atoms. The van der Waals surface area contributed by atoms with E-state index in [1.807, 2.05) is 0 Å². The Hall–Kier alpha value is -2.79. The lowest BCUT2D eigenvalue weighted by molar-refractivity contribution is -0.139. The maximum Gasteiger partial charge on any atom is 0.320 e. The zero-order valence-corrected chi connectivity index (χ0v) is 14.2. The number of nitrogens with one attached hydrogen (secondary N) is 3. The van der Waals surface area contributed by atoms with Crippen molar-refractivity contribution < 1.29 is 9.90 Å². The maximum absolute atomic E-state index is 10.0. The zero-order valence-electron chi connectivity index (χ0n) is 13.4. The van der Waals surface area contributed by atoms with Crippen LogP contribution in [0.25, 0.3) is 0 Å². The van der Waals surface area contributed by atoms with Crippen molar-refractivity contribution >= 4 is 40.7 Å². The highest BCUT2D eigenvalue weighted by atomic mass is 32.1. The van der Waals surface area contributed by atoms with Gasteiger partial charge < -0.3 is 22.3 Å². The zero-order chi connectivity index (χ0) is 18.7. The summed E-state index contributed by atoms with van der Waals surface area (Å²) < 4.78 is 0. The lowest BCUT2D eigenvalue weighted by Gasteiger charge is -2.07. The Balaban J connectivity index is 0.000000561. The normalized spacial score (nSPS) is 13.5. The average Bonchev–Trinajstić information content (AvgIpc) is 2.51. The van der Waals surface area contributed by atoms with E-state index in [0.717, 1.165) is 0 Å². The molecule has 1 aliphatic carbocycles. The van der Waals surface area contributed by atoms with Gasteiger partial charge in [-0.15, -0.1) is 0 Å². The van der Waals surface area contributed by atoms with Gasteiger partial charge in [0.15, 0.2) is 5.11 Å². The van der Waals surface area contributed by atoms with Crippen molar-refractivity contribution in [2.75, 3.05) is 0 Å². The summed E-state index contributed by atoms with van der Waals surface area (Å²) in [4.78, 5) is 10.0. The standard InChI is InChI=1S/C8H11N7S.C5H11NO2/c9-7(10)14-12-5-1-3-6(4-2-5)13-15-8(11)16;1-3(2)4(6)5(7)8/h1-4H,(H4,9,10,14)(H3,11,15,16);3-4H,6H2,1-2H3,(H,7,8)/t;4-/m.0/s1. The van der Waals surface area contributed by atoms with Crippen molar-refractivity contribution in [3.05, 3.63) is 24.3 Å².